The van der Waals surface area contributed by atoms with Gasteiger partial charge >= 0.3 is 0 Å². The van der Waals surface area contributed by atoms with Gasteiger partial charge in [0.2, 0.25) is 5.91 Å². The van der Waals surface area contributed by atoms with Crippen LogP contribution in [0.4, 0.5) is 11.4 Å². The summed E-state index contributed by atoms with van der Waals surface area (Å²) in [6.45, 7) is 2.31. The van der Waals surface area contributed by atoms with Crippen molar-refractivity contribution in [2.45, 2.75) is 45.1 Å². The Balaban J connectivity index is 1.64. The van der Waals surface area contributed by atoms with E-state index in [1.54, 1.807) is 18.2 Å². The second kappa shape index (κ2) is 9.51. The largest absolute Gasteiger partial charge is 0.324 e. The van der Waals surface area contributed by atoms with Crippen molar-refractivity contribution < 1.29 is 9.59 Å². The van der Waals surface area contributed by atoms with Gasteiger partial charge in [-0.05, 0) is 56.6 Å². The van der Waals surface area contributed by atoms with Gasteiger partial charge in [0.15, 0.2) is 0 Å². The van der Waals surface area contributed by atoms with Gasteiger partial charge in [0.25, 0.3) is 5.91 Å². The smallest absolute Gasteiger partial charge is 0.257 e. The summed E-state index contributed by atoms with van der Waals surface area (Å²) < 4.78 is 0. The summed E-state index contributed by atoms with van der Waals surface area (Å²) in [5, 5.41) is 5.82. The van der Waals surface area contributed by atoms with E-state index in [2.05, 4.69) is 15.5 Å². The maximum atomic E-state index is 12.7. The van der Waals surface area contributed by atoms with E-state index in [0.29, 0.717) is 23.8 Å². The van der Waals surface area contributed by atoms with Crippen LogP contribution in [0.5, 0.6) is 0 Å². The molecule has 0 aliphatic heterocycles. The number of hydrogen-bond donors (Lipinski definition) is 2. The minimum atomic E-state index is -0.234. The average Bonchev–Trinajstić information content (AvgIpc) is 2.69. The third-order valence-electron chi connectivity index (χ3n) is 5.31. The van der Waals surface area contributed by atoms with Crippen molar-refractivity contribution in [3.8, 4) is 0 Å². The van der Waals surface area contributed by atoms with Gasteiger partial charge in [-0.25, -0.2) is 0 Å². The molecular weight excluding hydrogens is 350 g/mol. The fourth-order valence-corrected chi connectivity index (χ4v) is 3.78. The minimum Gasteiger partial charge on any atom is -0.324 e. The molecule has 0 aromatic heterocycles. The van der Waals surface area contributed by atoms with Crippen molar-refractivity contribution >= 4 is 23.2 Å². The lowest BCUT2D eigenvalue weighted by Crippen LogP contribution is -2.39. The molecule has 148 valence electrons. The average molecular weight is 380 g/mol. The zero-order valence-electron chi connectivity index (χ0n) is 16.7. The summed E-state index contributed by atoms with van der Waals surface area (Å²) in [7, 11) is 2.01. The van der Waals surface area contributed by atoms with E-state index in [-0.39, 0.29) is 11.8 Å². The molecule has 0 saturated heterocycles. The predicted octanol–water partition coefficient (Wildman–Crippen LogP) is 4.45. The van der Waals surface area contributed by atoms with Crippen LogP contribution in [0.1, 0.15) is 48.0 Å². The van der Waals surface area contributed by atoms with Crippen LogP contribution >= 0.6 is 0 Å². The molecule has 1 aliphatic carbocycles. The number of amides is 2. The van der Waals surface area contributed by atoms with E-state index in [9.17, 15) is 9.59 Å². The third kappa shape index (κ3) is 5.42. The number of aryl methyl sites for hydroxylation is 1. The SMILES string of the molecule is Cc1cccc(NC(=O)c2ccccc2NC(=O)CN(C)C2CCCCC2)c1. The fourth-order valence-electron chi connectivity index (χ4n) is 3.78. The molecular formula is C23H29N3O2. The lowest BCUT2D eigenvalue weighted by atomic mass is 9.94. The highest BCUT2D eigenvalue weighted by molar-refractivity contribution is 6.10. The molecule has 0 atom stereocenters. The number of carbonyl (C=O) groups is 2. The monoisotopic (exact) mass is 379 g/mol. The Morgan fingerprint density at radius 1 is 1.00 bits per heavy atom. The zero-order chi connectivity index (χ0) is 19.9. The topological polar surface area (TPSA) is 61.4 Å². The van der Waals surface area contributed by atoms with E-state index in [0.717, 1.165) is 24.1 Å². The fraction of sp³-hybridized carbons (Fsp3) is 0.391. The molecule has 28 heavy (non-hydrogen) atoms. The normalized spacial score (nSPS) is 14.7. The molecule has 1 saturated carbocycles. The van der Waals surface area contributed by atoms with E-state index in [4.69, 9.17) is 0 Å². The molecule has 2 N–H and O–H groups in total. The molecule has 2 amide bonds. The molecule has 1 fully saturated rings. The number of rotatable bonds is 6. The third-order valence-corrected chi connectivity index (χ3v) is 5.31. The Bertz CT molecular complexity index is 828. The van der Waals surface area contributed by atoms with Gasteiger partial charge in [-0.15, -0.1) is 0 Å². The highest BCUT2D eigenvalue weighted by Crippen LogP contribution is 2.22. The molecule has 0 heterocycles. The van der Waals surface area contributed by atoms with Crippen molar-refractivity contribution in [1.82, 2.24) is 4.90 Å². The Hall–Kier alpha value is -2.66. The summed E-state index contributed by atoms with van der Waals surface area (Å²) in [6.07, 6.45) is 6.07. The van der Waals surface area contributed by atoms with Crippen LogP contribution in [0.2, 0.25) is 0 Å². The summed E-state index contributed by atoms with van der Waals surface area (Å²) in [5.41, 5.74) is 2.81. The number of anilines is 2. The summed E-state index contributed by atoms with van der Waals surface area (Å²) in [5.74, 6) is -0.328. The predicted molar refractivity (Wildman–Crippen MR) is 114 cm³/mol. The Morgan fingerprint density at radius 2 is 1.75 bits per heavy atom. The number of nitrogens with one attached hydrogen (secondary N) is 2. The van der Waals surface area contributed by atoms with Gasteiger partial charge in [-0.2, -0.15) is 0 Å². The van der Waals surface area contributed by atoms with Gasteiger partial charge in [0, 0.05) is 11.7 Å². The molecule has 0 unspecified atom stereocenters. The van der Waals surface area contributed by atoms with Crippen molar-refractivity contribution in [1.29, 1.82) is 0 Å². The number of likely N-dealkylation sites (N-methyl/N-ethyl adjacent to an activating group) is 1. The number of carbonyl (C=O) groups excluding carboxylic acids is 2. The first kappa shape index (κ1) is 20.1. The first-order chi connectivity index (χ1) is 13.5. The lowest BCUT2D eigenvalue weighted by Gasteiger charge is -2.30. The van der Waals surface area contributed by atoms with Crippen molar-refractivity contribution in [2.75, 3.05) is 24.2 Å². The van der Waals surface area contributed by atoms with Crippen LogP contribution in [-0.4, -0.2) is 36.3 Å². The second-order valence-corrected chi connectivity index (χ2v) is 7.62. The van der Waals surface area contributed by atoms with Crippen LogP contribution in [0.3, 0.4) is 0 Å². The van der Waals surface area contributed by atoms with Crippen molar-refractivity contribution in [3.63, 3.8) is 0 Å². The van der Waals surface area contributed by atoms with Crippen LogP contribution in [-0.2, 0) is 4.79 Å². The Labute approximate surface area is 167 Å². The Morgan fingerprint density at radius 3 is 2.50 bits per heavy atom. The van der Waals surface area contributed by atoms with E-state index in [1.165, 1.54) is 19.3 Å². The van der Waals surface area contributed by atoms with Gasteiger partial charge < -0.3 is 10.6 Å². The summed E-state index contributed by atoms with van der Waals surface area (Å²) in [4.78, 5) is 27.4. The van der Waals surface area contributed by atoms with E-state index < -0.39 is 0 Å². The maximum Gasteiger partial charge on any atom is 0.257 e. The molecule has 5 nitrogen and oxygen atoms in total. The lowest BCUT2D eigenvalue weighted by molar-refractivity contribution is -0.117. The number of nitrogens with zero attached hydrogens (tertiary/aromatic N) is 1. The first-order valence-corrected chi connectivity index (χ1v) is 10.00. The molecule has 0 bridgehead atoms. The molecule has 2 aromatic carbocycles. The van der Waals surface area contributed by atoms with Crippen LogP contribution in [0, 0.1) is 6.92 Å². The van der Waals surface area contributed by atoms with E-state index in [1.807, 2.05) is 44.3 Å². The highest BCUT2D eigenvalue weighted by atomic mass is 16.2. The van der Waals surface area contributed by atoms with Gasteiger partial charge in [0.1, 0.15) is 0 Å². The number of hydrogen-bond acceptors (Lipinski definition) is 3. The number of para-hydroxylation sites is 1. The number of benzene rings is 2. The quantitative estimate of drug-likeness (QED) is 0.779. The Kier molecular flexibility index (Phi) is 6.82. The van der Waals surface area contributed by atoms with Crippen LogP contribution in [0.25, 0.3) is 0 Å². The van der Waals surface area contributed by atoms with E-state index >= 15 is 0 Å². The van der Waals surface area contributed by atoms with Gasteiger partial charge in [-0.1, -0.05) is 43.5 Å². The minimum absolute atomic E-state index is 0.0936. The molecule has 2 aromatic rings. The van der Waals surface area contributed by atoms with Gasteiger partial charge in [-0.3, -0.25) is 14.5 Å². The van der Waals surface area contributed by atoms with Crippen LogP contribution in [0.15, 0.2) is 48.5 Å². The highest BCUT2D eigenvalue weighted by Gasteiger charge is 2.20. The maximum absolute atomic E-state index is 12.7. The molecule has 0 radical (unpaired) electrons. The molecule has 1 aliphatic rings. The van der Waals surface area contributed by atoms with Crippen molar-refractivity contribution in [2.24, 2.45) is 0 Å². The molecule has 5 heteroatoms. The van der Waals surface area contributed by atoms with Crippen molar-refractivity contribution in [3.05, 3.63) is 59.7 Å². The second-order valence-electron chi connectivity index (χ2n) is 7.62. The first-order valence-electron chi connectivity index (χ1n) is 10.00. The van der Waals surface area contributed by atoms with Gasteiger partial charge in [0.05, 0.1) is 17.8 Å². The zero-order valence-corrected chi connectivity index (χ0v) is 16.7. The molecule has 0 spiro atoms. The standard InChI is InChI=1S/C23H29N3O2/c1-17-9-8-10-18(15-17)24-23(28)20-13-6-7-14-21(20)25-22(27)16-26(2)19-11-4-3-5-12-19/h6-10,13-15,19H,3-5,11-12,16H2,1-2H3,(H,24,28)(H,25,27). The molecule has 3 rings (SSSR count). The summed E-state index contributed by atoms with van der Waals surface area (Å²) >= 11 is 0. The van der Waals surface area contributed by atoms with Crippen LogP contribution < -0.4 is 10.6 Å². The summed E-state index contributed by atoms with van der Waals surface area (Å²) in [6, 6.07) is 15.2.